The molecule has 0 saturated carbocycles. The van der Waals surface area contributed by atoms with Crippen molar-refractivity contribution in [3.05, 3.63) is 59.7 Å². The second kappa shape index (κ2) is 6.53. The summed E-state index contributed by atoms with van der Waals surface area (Å²) in [6.07, 6.45) is 2.07. The van der Waals surface area contributed by atoms with E-state index < -0.39 is 0 Å². The van der Waals surface area contributed by atoms with Crippen molar-refractivity contribution in [3.8, 4) is 17.2 Å². The molecule has 116 valence electrons. The van der Waals surface area contributed by atoms with Crippen LogP contribution in [0.5, 0.6) is 0 Å². The van der Waals surface area contributed by atoms with Gasteiger partial charge < -0.3 is 10.6 Å². The number of piperidine rings is 1. The fourth-order valence-corrected chi connectivity index (χ4v) is 3.13. The summed E-state index contributed by atoms with van der Waals surface area (Å²) in [5.74, 6) is 0.353. The quantitative estimate of drug-likeness (QED) is 0.922. The van der Waals surface area contributed by atoms with E-state index in [-0.39, 0.29) is 6.03 Å². The maximum Gasteiger partial charge on any atom is 0.314 e. The Morgan fingerprint density at radius 1 is 1.09 bits per heavy atom. The van der Waals surface area contributed by atoms with Crippen molar-refractivity contribution < 1.29 is 4.79 Å². The number of rotatable bonds is 2. The van der Waals surface area contributed by atoms with E-state index in [2.05, 4.69) is 30.3 Å². The van der Waals surface area contributed by atoms with Gasteiger partial charge in [-0.05, 0) is 41.7 Å². The Morgan fingerprint density at radius 2 is 1.70 bits per heavy atom. The molecule has 0 aliphatic carbocycles. The number of hydrogen-bond acceptors (Lipinski definition) is 2. The number of carbonyl (C=O) groups is 1. The molecule has 3 rings (SSSR count). The Balaban J connectivity index is 1.76. The first-order valence-corrected chi connectivity index (χ1v) is 7.82. The van der Waals surface area contributed by atoms with Gasteiger partial charge in [-0.15, -0.1) is 0 Å². The first kappa shape index (κ1) is 15.1. The van der Waals surface area contributed by atoms with Crippen LogP contribution in [0.15, 0.2) is 48.5 Å². The predicted molar refractivity (Wildman–Crippen MR) is 89.7 cm³/mol. The third-order valence-electron chi connectivity index (χ3n) is 4.46. The molecule has 1 aliphatic heterocycles. The lowest BCUT2D eigenvalue weighted by Crippen LogP contribution is -2.42. The molecule has 2 N–H and O–H groups in total. The summed E-state index contributed by atoms with van der Waals surface area (Å²) in [6, 6.07) is 17.8. The monoisotopic (exact) mass is 305 g/mol. The van der Waals surface area contributed by atoms with Gasteiger partial charge in [0.1, 0.15) is 0 Å². The molecule has 23 heavy (non-hydrogen) atoms. The number of likely N-dealkylation sites (tertiary alicyclic amines) is 1. The first-order chi connectivity index (χ1) is 11.2. The van der Waals surface area contributed by atoms with Crippen LogP contribution in [0.1, 0.15) is 29.9 Å². The zero-order valence-corrected chi connectivity index (χ0v) is 12.9. The van der Waals surface area contributed by atoms with Gasteiger partial charge in [0.25, 0.3) is 0 Å². The van der Waals surface area contributed by atoms with E-state index in [4.69, 9.17) is 11.0 Å². The van der Waals surface area contributed by atoms with Gasteiger partial charge in [0.2, 0.25) is 0 Å². The van der Waals surface area contributed by atoms with Gasteiger partial charge in [0.05, 0.1) is 11.6 Å². The molecule has 0 aromatic heterocycles. The highest BCUT2D eigenvalue weighted by molar-refractivity contribution is 5.72. The van der Waals surface area contributed by atoms with Crippen LogP contribution in [0.25, 0.3) is 11.1 Å². The zero-order valence-electron chi connectivity index (χ0n) is 12.9. The Hall–Kier alpha value is -2.80. The number of nitriles is 1. The molecule has 1 aliphatic rings. The van der Waals surface area contributed by atoms with Crippen LogP contribution in [-0.2, 0) is 0 Å². The average Bonchev–Trinajstić information content (AvgIpc) is 2.62. The minimum absolute atomic E-state index is 0.330. The topological polar surface area (TPSA) is 70.1 Å². The van der Waals surface area contributed by atoms with Gasteiger partial charge in [0.15, 0.2) is 0 Å². The molecule has 1 fully saturated rings. The van der Waals surface area contributed by atoms with Crippen molar-refractivity contribution in [2.75, 3.05) is 13.1 Å². The minimum atomic E-state index is -0.330. The summed E-state index contributed by atoms with van der Waals surface area (Å²) < 4.78 is 0. The van der Waals surface area contributed by atoms with Crippen molar-refractivity contribution >= 4 is 6.03 Å². The molecule has 2 aromatic rings. The molecule has 4 nitrogen and oxygen atoms in total. The highest BCUT2D eigenvalue weighted by Crippen LogP contribution is 2.29. The summed E-state index contributed by atoms with van der Waals surface area (Å²) in [5, 5.41) is 8.85. The molecule has 0 spiro atoms. The summed E-state index contributed by atoms with van der Waals surface area (Å²) in [6.45, 7) is 1.46. The fourth-order valence-electron chi connectivity index (χ4n) is 3.13. The average molecular weight is 305 g/mol. The van der Waals surface area contributed by atoms with Crippen molar-refractivity contribution in [1.82, 2.24) is 4.90 Å². The maximum absolute atomic E-state index is 11.3. The van der Waals surface area contributed by atoms with E-state index in [0.717, 1.165) is 30.5 Å². The Bertz CT molecular complexity index is 729. The lowest BCUT2D eigenvalue weighted by Gasteiger charge is -2.31. The second-order valence-corrected chi connectivity index (χ2v) is 5.93. The van der Waals surface area contributed by atoms with Crippen molar-refractivity contribution in [2.45, 2.75) is 18.8 Å². The van der Waals surface area contributed by atoms with Crippen molar-refractivity contribution in [3.63, 3.8) is 0 Å². The Labute approximate surface area is 136 Å². The normalized spacial score (nSPS) is 17.5. The molecule has 1 heterocycles. The van der Waals surface area contributed by atoms with E-state index in [1.165, 1.54) is 5.56 Å². The molecule has 0 bridgehead atoms. The first-order valence-electron chi connectivity index (χ1n) is 7.82. The van der Waals surface area contributed by atoms with Gasteiger partial charge in [0, 0.05) is 19.0 Å². The zero-order chi connectivity index (χ0) is 16.2. The van der Waals surface area contributed by atoms with Crippen molar-refractivity contribution in [2.24, 2.45) is 5.73 Å². The maximum atomic E-state index is 11.3. The Kier molecular flexibility index (Phi) is 4.29. The molecule has 4 heteroatoms. The summed E-state index contributed by atoms with van der Waals surface area (Å²) in [5.41, 5.74) is 9.53. The number of nitrogens with zero attached hydrogens (tertiary/aromatic N) is 2. The van der Waals surface area contributed by atoms with Crippen LogP contribution in [0.3, 0.4) is 0 Å². The second-order valence-electron chi connectivity index (χ2n) is 5.93. The van der Waals surface area contributed by atoms with Gasteiger partial charge >= 0.3 is 6.03 Å². The number of amides is 2. The molecule has 2 amide bonds. The molecule has 2 aromatic carbocycles. The predicted octanol–water partition coefficient (Wildman–Crippen LogP) is 3.48. The minimum Gasteiger partial charge on any atom is -0.351 e. The number of primary amides is 1. The van der Waals surface area contributed by atoms with Crippen LogP contribution in [-0.4, -0.2) is 24.0 Å². The number of carbonyl (C=O) groups excluding carboxylic acids is 1. The van der Waals surface area contributed by atoms with Crippen LogP contribution < -0.4 is 5.73 Å². The van der Waals surface area contributed by atoms with E-state index in [0.29, 0.717) is 18.0 Å². The number of hydrogen-bond donors (Lipinski definition) is 1. The van der Waals surface area contributed by atoms with Gasteiger partial charge in [-0.1, -0.05) is 36.4 Å². The molecule has 1 atom stereocenters. The SMILES string of the molecule is N#Cc1ccc(-c2ccc(C3CCCN(C(N)=O)C3)cc2)cc1. The summed E-state index contributed by atoms with van der Waals surface area (Å²) in [7, 11) is 0. The molecule has 1 unspecified atom stereocenters. The highest BCUT2D eigenvalue weighted by Gasteiger charge is 2.23. The van der Waals surface area contributed by atoms with E-state index in [9.17, 15) is 4.79 Å². The standard InChI is InChI=1S/C19H19N3O/c20-12-14-3-5-15(6-4-14)16-7-9-17(10-8-16)18-2-1-11-22(13-18)19(21)23/h3-10,18H,1-2,11,13H2,(H2,21,23). The van der Waals surface area contributed by atoms with Crippen LogP contribution >= 0.6 is 0 Å². The lowest BCUT2D eigenvalue weighted by atomic mass is 9.89. The van der Waals surface area contributed by atoms with E-state index in [1.807, 2.05) is 24.3 Å². The Morgan fingerprint density at radius 3 is 2.26 bits per heavy atom. The van der Waals surface area contributed by atoms with Crippen LogP contribution in [0, 0.1) is 11.3 Å². The number of nitrogens with two attached hydrogens (primary N) is 1. The van der Waals surface area contributed by atoms with Crippen LogP contribution in [0.4, 0.5) is 4.79 Å². The van der Waals surface area contributed by atoms with Gasteiger partial charge in [-0.3, -0.25) is 0 Å². The summed E-state index contributed by atoms with van der Waals surface area (Å²) in [4.78, 5) is 13.1. The van der Waals surface area contributed by atoms with E-state index >= 15 is 0 Å². The van der Waals surface area contributed by atoms with Gasteiger partial charge in [-0.2, -0.15) is 5.26 Å². The summed E-state index contributed by atoms with van der Waals surface area (Å²) >= 11 is 0. The fraction of sp³-hybridized carbons (Fsp3) is 0.263. The molecular formula is C19H19N3O. The molecule has 0 radical (unpaired) electrons. The smallest absolute Gasteiger partial charge is 0.314 e. The molecular weight excluding hydrogens is 286 g/mol. The third kappa shape index (κ3) is 3.35. The van der Waals surface area contributed by atoms with Gasteiger partial charge in [-0.25, -0.2) is 4.79 Å². The molecule has 1 saturated heterocycles. The van der Waals surface area contributed by atoms with E-state index in [1.54, 1.807) is 4.90 Å². The number of urea groups is 1. The van der Waals surface area contributed by atoms with Crippen LogP contribution in [0.2, 0.25) is 0 Å². The third-order valence-corrected chi connectivity index (χ3v) is 4.46. The lowest BCUT2D eigenvalue weighted by molar-refractivity contribution is 0.189. The largest absolute Gasteiger partial charge is 0.351 e. The highest BCUT2D eigenvalue weighted by atomic mass is 16.2. The van der Waals surface area contributed by atoms with Crippen molar-refractivity contribution in [1.29, 1.82) is 5.26 Å². The number of benzene rings is 2.